The number of ether oxygens (including phenoxy) is 7. The van der Waals surface area contributed by atoms with Crippen molar-refractivity contribution in [2.24, 2.45) is 0 Å². The molecule has 0 aromatic heterocycles. The fourth-order valence-corrected chi connectivity index (χ4v) is 5.23. The van der Waals surface area contributed by atoms with Gasteiger partial charge in [0.2, 0.25) is 0 Å². The number of hydrogen-bond acceptors (Lipinski definition) is 19. The molecule has 3 heterocycles. The zero-order valence-corrected chi connectivity index (χ0v) is 24.3. The first-order valence-electron chi connectivity index (χ1n) is 14.1. The Bertz CT molecular complexity index is 856. The van der Waals surface area contributed by atoms with E-state index in [0.717, 1.165) is 0 Å². The monoisotopic (exact) mass is 650 g/mol. The number of aliphatic hydroxyl groups excluding tert-OH is 12. The molecular formula is C25H46O19. The van der Waals surface area contributed by atoms with Crippen LogP contribution in [0.4, 0.5) is 0 Å². The summed E-state index contributed by atoms with van der Waals surface area (Å²) in [5.41, 5.74) is 0. The van der Waals surface area contributed by atoms with Crippen molar-refractivity contribution in [3.63, 3.8) is 0 Å². The van der Waals surface area contributed by atoms with Gasteiger partial charge in [-0.2, -0.15) is 0 Å². The Labute approximate surface area is 252 Å². The number of aliphatic hydroxyl groups is 12. The molecule has 44 heavy (non-hydrogen) atoms. The lowest BCUT2D eigenvalue weighted by molar-refractivity contribution is -0.381. The molecule has 0 aromatic carbocycles. The molecular weight excluding hydrogens is 604 g/mol. The normalized spacial score (nSPS) is 46.3. The van der Waals surface area contributed by atoms with Crippen LogP contribution in [-0.2, 0) is 33.2 Å². The third-order valence-electron chi connectivity index (χ3n) is 8.04. The molecule has 3 aliphatic heterocycles. The van der Waals surface area contributed by atoms with Crippen LogP contribution < -0.4 is 0 Å². The molecule has 0 unspecified atom stereocenters. The molecule has 260 valence electrons. The smallest absolute Gasteiger partial charge is 0.187 e. The van der Waals surface area contributed by atoms with Crippen LogP contribution in [0.1, 0.15) is 13.8 Å². The van der Waals surface area contributed by atoms with Crippen molar-refractivity contribution in [1.82, 2.24) is 0 Å². The zero-order chi connectivity index (χ0) is 33.0. The molecule has 0 aromatic rings. The third-order valence-corrected chi connectivity index (χ3v) is 8.04. The molecule has 19 atom stereocenters. The van der Waals surface area contributed by atoms with E-state index in [9.17, 15) is 56.2 Å². The van der Waals surface area contributed by atoms with Crippen LogP contribution in [-0.4, -0.2) is 205 Å². The van der Waals surface area contributed by atoms with E-state index < -0.39 is 136 Å². The highest BCUT2D eigenvalue weighted by molar-refractivity contribution is 4.96. The van der Waals surface area contributed by atoms with Gasteiger partial charge >= 0.3 is 0 Å². The van der Waals surface area contributed by atoms with E-state index >= 15 is 0 Å². The maximum atomic E-state index is 11.1. The summed E-state index contributed by atoms with van der Waals surface area (Å²) in [5.74, 6) is 0. The van der Waals surface area contributed by atoms with Crippen molar-refractivity contribution in [2.75, 3.05) is 26.9 Å². The minimum absolute atomic E-state index is 0.843. The lowest BCUT2D eigenvalue weighted by atomic mass is 9.96. The predicted molar refractivity (Wildman–Crippen MR) is 138 cm³/mol. The van der Waals surface area contributed by atoms with E-state index in [-0.39, 0.29) is 0 Å². The first-order valence-corrected chi connectivity index (χ1v) is 14.1. The third kappa shape index (κ3) is 8.02. The summed E-state index contributed by atoms with van der Waals surface area (Å²) >= 11 is 0. The van der Waals surface area contributed by atoms with Gasteiger partial charge in [0, 0.05) is 7.11 Å². The Kier molecular flexibility index (Phi) is 14.0. The molecule has 12 N–H and O–H groups in total. The van der Waals surface area contributed by atoms with Crippen molar-refractivity contribution in [3.05, 3.63) is 0 Å². The maximum Gasteiger partial charge on any atom is 0.187 e. The van der Waals surface area contributed by atoms with E-state index in [4.69, 9.17) is 38.3 Å². The van der Waals surface area contributed by atoms with E-state index in [1.165, 1.54) is 21.0 Å². The van der Waals surface area contributed by atoms with Crippen molar-refractivity contribution >= 4 is 0 Å². The number of rotatable bonds is 13. The summed E-state index contributed by atoms with van der Waals surface area (Å²) in [4.78, 5) is 0. The van der Waals surface area contributed by atoms with Gasteiger partial charge in [-0.15, -0.1) is 0 Å². The van der Waals surface area contributed by atoms with E-state index in [0.29, 0.717) is 0 Å². The van der Waals surface area contributed by atoms with Gasteiger partial charge in [-0.3, -0.25) is 0 Å². The summed E-state index contributed by atoms with van der Waals surface area (Å²) in [6.45, 7) is 0.107. The Hall–Kier alpha value is -0.760. The van der Waals surface area contributed by atoms with E-state index in [1.807, 2.05) is 0 Å². The fourth-order valence-electron chi connectivity index (χ4n) is 5.23. The summed E-state index contributed by atoms with van der Waals surface area (Å²) in [6.07, 6.45) is -30.3. The number of hydrogen-bond donors (Lipinski definition) is 12. The Morgan fingerprint density at radius 2 is 1.14 bits per heavy atom. The minimum Gasteiger partial charge on any atom is -0.394 e. The van der Waals surface area contributed by atoms with E-state index in [2.05, 4.69) is 0 Å². The van der Waals surface area contributed by atoms with Crippen LogP contribution in [0.5, 0.6) is 0 Å². The lowest BCUT2D eigenvalue weighted by Gasteiger charge is -2.48. The summed E-state index contributed by atoms with van der Waals surface area (Å²) < 4.78 is 38.6. The second-order valence-electron chi connectivity index (χ2n) is 11.1. The summed E-state index contributed by atoms with van der Waals surface area (Å²) in [7, 11) is 1.22. The Balaban J connectivity index is 1.78. The highest BCUT2D eigenvalue weighted by Gasteiger charge is 2.53. The first kappa shape index (κ1) is 37.7. The van der Waals surface area contributed by atoms with Gasteiger partial charge in [0.05, 0.1) is 32.0 Å². The van der Waals surface area contributed by atoms with Gasteiger partial charge in [0.15, 0.2) is 18.9 Å². The van der Waals surface area contributed by atoms with Crippen LogP contribution in [0.3, 0.4) is 0 Å². The van der Waals surface area contributed by atoms with E-state index in [1.54, 1.807) is 0 Å². The van der Waals surface area contributed by atoms with Crippen molar-refractivity contribution in [1.29, 1.82) is 0 Å². The van der Waals surface area contributed by atoms with Crippen LogP contribution in [0.2, 0.25) is 0 Å². The average Bonchev–Trinajstić information content (AvgIpc) is 3.01. The van der Waals surface area contributed by atoms with Crippen molar-refractivity contribution in [2.45, 2.75) is 130 Å². The molecule has 0 bridgehead atoms. The molecule has 3 fully saturated rings. The highest BCUT2D eigenvalue weighted by atomic mass is 16.8. The van der Waals surface area contributed by atoms with Gasteiger partial charge in [-0.05, 0) is 13.8 Å². The predicted octanol–water partition coefficient (Wildman–Crippen LogP) is -7.40. The largest absolute Gasteiger partial charge is 0.394 e. The second-order valence-corrected chi connectivity index (χ2v) is 11.1. The van der Waals surface area contributed by atoms with Crippen molar-refractivity contribution in [3.8, 4) is 0 Å². The van der Waals surface area contributed by atoms with Crippen LogP contribution in [0.25, 0.3) is 0 Å². The summed E-state index contributed by atoms with van der Waals surface area (Å²) in [5, 5.41) is 123. The topological polar surface area (TPSA) is 307 Å². The maximum absolute atomic E-state index is 11.1. The average molecular weight is 651 g/mol. The summed E-state index contributed by atoms with van der Waals surface area (Å²) in [6, 6.07) is 0. The minimum atomic E-state index is -2.00. The zero-order valence-electron chi connectivity index (χ0n) is 24.3. The van der Waals surface area contributed by atoms with Gasteiger partial charge in [-0.1, -0.05) is 0 Å². The van der Waals surface area contributed by atoms with Crippen LogP contribution >= 0.6 is 0 Å². The molecule has 3 aliphatic rings. The second kappa shape index (κ2) is 16.4. The molecule has 3 rings (SSSR count). The molecule has 0 radical (unpaired) electrons. The van der Waals surface area contributed by atoms with Crippen molar-refractivity contribution < 1.29 is 94.4 Å². The molecule has 0 saturated carbocycles. The SMILES string of the molecule is CO[C@H]1[C@H](O[C@@H]2[C@@H](O)[C@H](C)O[C@@H](O[C@@H]3[C@H](O)[C@@H](O[C@H](CO)[C@@H](O)[C@H](O)[C@H](O)CO)O[C@H](CO)[C@H]3O)[C@@H]2O)O[C@@H](C)[C@H](O)[C@H]1O. The van der Waals surface area contributed by atoms with Gasteiger partial charge < -0.3 is 94.4 Å². The standard InChI is InChI=1S/C25H46O19/c1-7-12(30)17(35)22(38-3)25(40-7)44-20-13(31)8(2)39-23(18(20)36)43-21-16(34)11(6-28)42-24(19(21)37)41-10(5-27)15(33)14(32)9(29)4-26/h7-37H,4-6H2,1-3H3/t7-,8-,9+,10+,11+,12-,13-,14+,15+,16+,17+,18+,19-,20+,21-,22+,23-,24-,25-/m0/s1. The van der Waals surface area contributed by atoms with Gasteiger partial charge in [0.1, 0.15) is 85.5 Å². The Morgan fingerprint density at radius 3 is 1.70 bits per heavy atom. The quantitative estimate of drug-likeness (QED) is 0.0880. The van der Waals surface area contributed by atoms with Crippen LogP contribution in [0, 0.1) is 0 Å². The molecule has 19 nitrogen and oxygen atoms in total. The molecule has 0 amide bonds. The Morgan fingerprint density at radius 1 is 0.591 bits per heavy atom. The molecule has 0 aliphatic carbocycles. The highest BCUT2D eigenvalue weighted by Crippen LogP contribution is 2.33. The fraction of sp³-hybridized carbons (Fsp3) is 1.00. The molecule has 3 saturated heterocycles. The molecule has 19 heteroatoms. The number of methoxy groups -OCH3 is 1. The van der Waals surface area contributed by atoms with Crippen LogP contribution in [0.15, 0.2) is 0 Å². The van der Waals surface area contributed by atoms with Gasteiger partial charge in [-0.25, -0.2) is 0 Å². The molecule has 0 spiro atoms. The lowest BCUT2D eigenvalue weighted by Crippen LogP contribution is -2.66. The first-order chi connectivity index (χ1) is 20.7. The van der Waals surface area contributed by atoms with Gasteiger partial charge in [0.25, 0.3) is 0 Å².